The minimum absolute atomic E-state index is 0. The van der Waals surface area contributed by atoms with Crippen molar-refractivity contribution in [2.45, 2.75) is 32.9 Å². The van der Waals surface area contributed by atoms with Gasteiger partial charge in [0.2, 0.25) is 5.91 Å². The fourth-order valence-corrected chi connectivity index (χ4v) is 2.05. The second-order valence-electron chi connectivity index (χ2n) is 6.03. The largest absolute Gasteiger partial charge is 0.496 e. The molecule has 0 saturated heterocycles. The number of methoxy groups -OCH3 is 1. The van der Waals surface area contributed by atoms with Crippen LogP contribution in [0.3, 0.4) is 0 Å². The van der Waals surface area contributed by atoms with Gasteiger partial charge in [-0.3, -0.25) is 9.79 Å². The summed E-state index contributed by atoms with van der Waals surface area (Å²) < 4.78 is 5.30. The Labute approximate surface area is 165 Å². The summed E-state index contributed by atoms with van der Waals surface area (Å²) in [6, 6.07) is 5.44. The summed E-state index contributed by atoms with van der Waals surface area (Å²) in [5, 5.41) is 9.60. The van der Waals surface area contributed by atoms with Crippen LogP contribution in [0.25, 0.3) is 0 Å². The first-order valence-electron chi connectivity index (χ1n) is 7.33. The van der Waals surface area contributed by atoms with Gasteiger partial charge in [0, 0.05) is 29.7 Å². The molecule has 0 bridgehead atoms. The average Bonchev–Trinajstić information content (AvgIpc) is 2.46. The van der Waals surface area contributed by atoms with E-state index in [0.29, 0.717) is 23.3 Å². The van der Waals surface area contributed by atoms with E-state index in [-0.39, 0.29) is 42.0 Å². The third-order valence-corrected chi connectivity index (χ3v) is 3.08. The van der Waals surface area contributed by atoms with Crippen LogP contribution in [-0.2, 0) is 11.3 Å². The number of guanidine groups is 1. The second kappa shape index (κ2) is 10.6. The molecular formula is C16H26ClIN4O2. The standard InChI is InChI=1S/C16H25ClN4O2.HI/c1-16(2,3)21-14(22)10-20-15(18-4)19-9-11-6-7-12(17)8-13(11)23-5;/h6-8H,9-10H2,1-5H3,(H,21,22)(H2,18,19,20);1H. The zero-order valence-corrected chi connectivity index (χ0v) is 17.8. The lowest BCUT2D eigenvalue weighted by molar-refractivity contribution is -0.121. The molecule has 1 aromatic rings. The maximum Gasteiger partial charge on any atom is 0.239 e. The van der Waals surface area contributed by atoms with Crippen LogP contribution in [-0.4, -0.2) is 38.1 Å². The Morgan fingerprint density at radius 3 is 2.50 bits per heavy atom. The van der Waals surface area contributed by atoms with Crippen LogP contribution >= 0.6 is 35.6 Å². The van der Waals surface area contributed by atoms with Crippen molar-refractivity contribution < 1.29 is 9.53 Å². The van der Waals surface area contributed by atoms with E-state index < -0.39 is 0 Å². The quantitative estimate of drug-likeness (QED) is 0.353. The van der Waals surface area contributed by atoms with Crippen molar-refractivity contribution in [3.8, 4) is 5.75 Å². The Morgan fingerprint density at radius 1 is 1.29 bits per heavy atom. The van der Waals surface area contributed by atoms with E-state index in [1.165, 1.54) is 0 Å². The highest BCUT2D eigenvalue weighted by Crippen LogP contribution is 2.22. The van der Waals surface area contributed by atoms with E-state index >= 15 is 0 Å². The molecule has 0 atom stereocenters. The molecule has 6 nitrogen and oxygen atoms in total. The smallest absolute Gasteiger partial charge is 0.239 e. The molecule has 0 spiro atoms. The molecule has 1 rings (SSSR count). The third-order valence-electron chi connectivity index (χ3n) is 2.85. The summed E-state index contributed by atoms with van der Waals surface area (Å²) in [6.07, 6.45) is 0. The van der Waals surface area contributed by atoms with Crippen LogP contribution in [0.5, 0.6) is 5.75 Å². The first-order chi connectivity index (χ1) is 10.7. The number of nitrogens with zero attached hydrogens (tertiary/aromatic N) is 1. The van der Waals surface area contributed by atoms with Crippen molar-refractivity contribution in [3.05, 3.63) is 28.8 Å². The predicted molar refractivity (Wildman–Crippen MR) is 110 cm³/mol. The SMILES string of the molecule is CN=C(NCC(=O)NC(C)(C)C)NCc1ccc(Cl)cc1OC.I. The lowest BCUT2D eigenvalue weighted by Crippen LogP contribution is -2.48. The highest BCUT2D eigenvalue weighted by Gasteiger charge is 2.13. The minimum atomic E-state index is -0.258. The predicted octanol–water partition coefficient (Wildman–Crippen LogP) is 2.55. The fourth-order valence-electron chi connectivity index (χ4n) is 1.89. The molecule has 1 aromatic carbocycles. The molecule has 1 amide bonds. The topological polar surface area (TPSA) is 74.8 Å². The summed E-state index contributed by atoms with van der Waals surface area (Å²) in [7, 11) is 3.25. The molecule has 0 fully saturated rings. The molecule has 24 heavy (non-hydrogen) atoms. The molecule has 8 heteroatoms. The van der Waals surface area contributed by atoms with Crippen molar-refractivity contribution >= 4 is 47.4 Å². The Morgan fingerprint density at radius 2 is 1.96 bits per heavy atom. The van der Waals surface area contributed by atoms with Gasteiger partial charge in [0.15, 0.2) is 5.96 Å². The molecule has 3 N–H and O–H groups in total. The molecule has 0 aliphatic carbocycles. The number of aliphatic imine (C=N–C) groups is 1. The van der Waals surface area contributed by atoms with Gasteiger partial charge in [0.25, 0.3) is 0 Å². The molecule has 0 saturated carbocycles. The number of nitrogens with one attached hydrogen (secondary N) is 3. The summed E-state index contributed by atoms with van der Waals surface area (Å²) in [4.78, 5) is 15.9. The average molecular weight is 469 g/mol. The summed E-state index contributed by atoms with van der Waals surface area (Å²) in [6.45, 7) is 6.45. The number of benzene rings is 1. The number of carbonyl (C=O) groups is 1. The molecule has 0 unspecified atom stereocenters. The van der Waals surface area contributed by atoms with Crippen LogP contribution in [0.15, 0.2) is 23.2 Å². The zero-order valence-electron chi connectivity index (χ0n) is 14.7. The van der Waals surface area contributed by atoms with Crippen molar-refractivity contribution in [3.63, 3.8) is 0 Å². The Bertz CT molecular complexity index is 574. The minimum Gasteiger partial charge on any atom is -0.496 e. The summed E-state index contributed by atoms with van der Waals surface area (Å²) in [5.74, 6) is 1.14. The lowest BCUT2D eigenvalue weighted by atomic mass is 10.1. The zero-order chi connectivity index (χ0) is 17.5. The molecular weight excluding hydrogens is 443 g/mol. The molecule has 0 aliphatic heterocycles. The van der Waals surface area contributed by atoms with Crippen molar-refractivity contribution in [1.82, 2.24) is 16.0 Å². The van der Waals surface area contributed by atoms with E-state index in [4.69, 9.17) is 16.3 Å². The highest BCUT2D eigenvalue weighted by atomic mass is 127. The maximum atomic E-state index is 11.8. The number of rotatable bonds is 5. The van der Waals surface area contributed by atoms with Crippen LogP contribution in [0, 0.1) is 0 Å². The molecule has 0 aromatic heterocycles. The Hall–Kier alpha value is -1.22. The van der Waals surface area contributed by atoms with Gasteiger partial charge in [-0.2, -0.15) is 0 Å². The van der Waals surface area contributed by atoms with E-state index in [9.17, 15) is 4.79 Å². The van der Waals surface area contributed by atoms with Crippen molar-refractivity contribution in [2.75, 3.05) is 20.7 Å². The summed E-state index contributed by atoms with van der Waals surface area (Å²) in [5.41, 5.74) is 0.686. The number of ether oxygens (including phenoxy) is 1. The van der Waals surface area contributed by atoms with Gasteiger partial charge < -0.3 is 20.7 Å². The molecule has 0 aliphatic rings. The number of amides is 1. The van der Waals surface area contributed by atoms with Crippen molar-refractivity contribution in [2.24, 2.45) is 4.99 Å². The first-order valence-corrected chi connectivity index (χ1v) is 7.71. The van der Waals surface area contributed by atoms with Crippen LogP contribution in [0.1, 0.15) is 26.3 Å². The van der Waals surface area contributed by atoms with Gasteiger partial charge in [0.05, 0.1) is 13.7 Å². The van der Waals surface area contributed by atoms with Gasteiger partial charge in [-0.15, -0.1) is 24.0 Å². The first kappa shape index (κ1) is 22.8. The molecule has 0 radical (unpaired) electrons. The number of carbonyl (C=O) groups excluding carboxylic acids is 1. The number of hydrogen-bond acceptors (Lipinski definition) is 3. The molecule has 136 valence electrons. The Balaban J connectivity index is 0.00000529. The third kappa shape index (κ3) is 8.58. The highest BCUT2D eigenvalue weighted by molar-refractivity contribution is 14.0. The summed E-state index contributed by atoms with van der Waals surface area (Å²) >= 11 is 5.94. The maximum absolute atomic E-state index is 11.8. The van der Waals surface area contributed by atoms with Gasteiger partial charge >= 0.3 is 0 Å². The van der Waals surface area contributed by atoms with Gasteiger partial charge in [-0.25, -0.2) is 0 Å². The van der Waals surface area contributed by atoms with Crippen molar-refractivity contribution in [1.29, 1.82) is 0 Å². The molecule has 0 heterocycles. The van der Waals surface area contributed by atoms with Gasteiger partial charge in [-0.1, -0.05) is 17.7 Å². The van der Waals surface area contributed by atoms with E-state index in [1.807, 2.05) is 26.8 Å². The second-order valence-corrected chi connectivity index (χ2v) is 6.47. The number of hydrogen-bond donors (Lipinski definition) is 3. The van der Waals surface area contributed by atoms with Crippen LogP contribution in [0.4, 0.5) is 0 Å². The van der Waals surface area contributed by atoms with Gasteiger partial charge in [0.1, 0.15) is 5.75 Å². The van der Waals surface area contributed by atoms with E-state index in [0.717, 1.165) is 5.56 Å². The monoisotopic (exact) mass is 468 g/mol. The van der Waals surface area contributed by atoms with E-state index in [2.05, 4.69) is 20.9 Å². The van der Waals surface area contributed by atoms with Gasteiger partial charge in [-0.05, 0) is 32.9 Å². The number of halogens is 2. The van der Waals surface area contributed by atoms with Crippen LogP contribution in [0.2, 0.25) is 5.02 Å². The lowest BCUT2D eigenvalue weighted by Gasteiger charge is -2.21. The Kier molecular flexibility index (Phi) is 10.1. The van der Waals surface area contributed by atoms with Crippen LogP contribution < -0.4 is 20.7 Å². The van der Waals surface area contributed by atoms with E-state index in [1.54, 1.807) is 26.3 Å². The normalized spacial score (nSPS) is 11.3. The fraction of sp³-hybridized carbons (Fsp3) is 0.500.